The van der Waals surface area contributed by atoms with Gasteiger partial charge in [0.15, 0.2) is 0 Å². The number of likely N-dealkylation sites (tertiary alicyclic amines) is 1. The Morgan fingerprint density at radius 3 is 2.72 bits per heavy atom. The highest BCUT2D eigenvalue weighted by molar-refractivity contribution is 5.94. The van der Waals surface area contributed by atoms with E-state index in [0.29, 0.717) is 18.8 Å². The number of aromatic amines is 1. The Labute approximate surface area is 145 Å². The van der Waals surface area contributed by atoms with E-state index in [1.807, 2.05) is 18.2 Å². The number of benzene rings is 2. The molecule has 3 aromatic rings. The number of amides is 1. The normalized spacial score (nSPS) is 21.2. The second-order valence-corrected chi connectivity index (χ2v) is 7.29. The zero-order chi connectivity index (χ0) is 17.0. The van der Waals surface area contributed by atoms with Crippen LogP contribution in [0.15, 0.2) is 48.5 Å². The molecule has 2 fully saturated rings. The minimum absolute atomic E-state index is 0.0309. The molecule has 1 aliphatic carbocycles. The number of hydrogen-bond donors (Lipinski definition) is 2. The lowest BCUT2D eigenvalue weighted by Gasteiger charge is -2.14. The molecule has 25 heavy (non-hydrogen) atoms. The Balaban J connectivity index is 1.42. The summed E-state index contributed by atoms with van der Waals surface area (Å²) in [6.45, 7) is 1.07. The van der Waals surface area contributed by atoms with Crippen LogP contribution in [-0.2, 0) is 0 Å². The van der Waals surface area contributed by atoms with Crippen molar-refractivity contribution in [3.8, 4) is 11.3 Å². The Morgan fingerprint density at radius 2 is 1.96 bits per heavy atom. The van der Waals surface area contributed by atoms with Crippen molar-refractivity contribution < 1.29 is 9.90 Å². The molecule has 2 N–H and O–H groups in total. The van der Waals surface area contributed by atoms with Crippen molar-refractivity contribution in [1.29, 1.82) is 0 Å². The molecule has 1 spiro atoms. The third-order valence-corrected chi connectivity index (χ3v) is 5.64. The number of aromatic nitrogens is 2. The predicted octanol–water partition coefficient (Wildman–Crippen LogP) is 2.83. The summed E-state index contributed by atoms with van der Waals surface area (Å²) in [7, 11) is 0. The fraction of sp³-hybridized carbons (Fsp3) is 0.300. The molecule has 5 heteroatoms. The first-order valence-electron chi connectivity index (χ1n) is 8.67. The third-order valence-electron chi connectivity index (χ3n) is 5.64. The number of β-amino-alcohol motifs (C(OH)–C–C–N with tert-alkyl or cyclic N) is 1. The van der Waals surface area contributed by atoms with Crippen molar-refractivity contribution in [2.24, 2.45) is 5.41 Å². The highest BCUT2D eigenvalue weighted by atomic mass is 16.3. The molecule has 0 radical (unpaired) electrons. The zero-order valence-electron chi connectivity index (χ0n) is 13.8. The number of aliphatic hydroxyl groups is 1. The number of nitrogens with zero attached hydrogens (tertiary/aromatic N) is 2. The molecular formula is C20H19N3O2. The minimum atomic E-state index is -0.390. The van der Waals surface area contributed by atoms with Crippen molar-refractivity contribution >= 4 is 16.7 Å². The molecular weight excluding hydrogens is 314 g/mol. The molecule has 2 aromatic carbocycles. The van der Waals surface area contributed by atoms with Gasteiger partial charge in [-0.05, 0) is 35.7 Å². The summed E-state index contributed by atoms with van der Waals surface area (Å²) in [6.07, 6.45) is 1.64. The van der Waals surface area contributed by atoms with Gasteiger partial charge in [-0.25, -0.2) is 0 Å². The Hall–Kier alpha value is -2.66. The molecule has 1 unspecified atom stereocenters. The monoisotopic (exact) mass is 333 g/mol. The van der Waals surface area contributed by atoms with Crippen LogP contribution in [0.5, 0.6) is 0 Å². The number of fused-ring (bicyclic) bond motifs is 1. The van der Waals surface area contributed by atoms with Gasteiger partial charge < -0.3 is 10.0 Å². The van der Waals surface area contributed by atoms with Crippen molar-refractivity contribution in [1.82, 2.24) is 15.1 Å². The highest BCUT2D eigenvalue weighted by Gasteiger charge is 2.55. The number of rotatable bonds is 2. The van der Waals surface area contributed by atoms with Gasteiger partial charge >= 0.3 is 0 Å². The first-order valence-corrected chi connectivity index (χ1v) is 8.67. The first kappa shape index (κ1) is 14.7. The van der Waals surface area contributed by atoms with E-state index in [1.165, 1.54) is 5.39 Å². The van der Waals surface area contributed by atoms with Crippen LogP contribution in [0.1, 0.15) is 23.3 Å². The van der Waals surface area contributed by atoms with E-state index < -0.39 is 0 Å². The molecule has 2 aliphatic rings. The van der Waals surface area contributed by atoms with Crippen LogP contribution in [0, 0.1) is 5.41 Å². The molecule has 0 bridgehead atoms. The van der Waals surface area contributed by atoms with Crippen LogP contribution < -0.4 is 0 Å². The third kappa shape index (κ3) is 2.35. The number of aliphatic hydroxyl groups excluding tert-OH is 1. The van der Waals surface area contributed by atoms with E-state index >= 15 is 0 Å². The molecule has 1 atom stereocenters. The van der Waals surface area contributed by atoms with Gasteiger partial charge in [-0.3, -0.25) is 9.89 Å². The summed E-state index contributed by atoms with van der Waals surface area (Å²) in [5.41, 5.74) is 2.19. The molecule has 1 amide bonds. The van der Waals surface area contributed by atoms with E-state index in [2.05, 4.69) is 34.5 Å². The van der Waals surface area contributed by atoms with Gasteiger partial charge in [0.05, 0.1) is 11.8 Å². The Kier molecular flexibility index (Phi) is 3.03. The molecule has 1 saturated heterocycles. The maximum absolute atomic E-state index is 12.7. The maximum Gasteiger partial charge on any atom is 0.271 e. The standard InChI is InChI=1S/C20H19N3O2/c24-18-11-23(12-20(18)7-8-20)19(25)17-10-16(21-22-17)15-6-5-13-3-1-2-4-14(13)9-15/h1-6,9-10,18,24H,7-8,11-12H2,(H,21,22). The summed E-state index contributed by atoms with van der Waals surface area (Å²) in [5, 5.41) is 19.7. The number of nitrogens with one attached hydrogen (secondary N) is 1. The van der Waals surface area contributed by atoms with Crippen molar-refractivity contribution in [2.45, 2.75) is 18.9 Å². The van der Waals surface area contributed by atoms with Gasteiger partial charge in [-0.1, -0.05) is 36.4 Å². The number of carbonyl (C=O) groups excluding carboxylic acids is 1. The van der Waals surface area contributed by atoms with Crippen LogP contribution in [-0.4, -0.2) is 45.3 Å². The van der Waals surface area contributed by atoms with Gasteiger partial charge in [0.25, 0.3) is 5.91 Å². The number of hydrogen-bond acceptors (Lipinski definition) is 3. The summed E-state index contributed by atoms with van der Waals surface area (Å²) < 4.78 is 0. The van der Waals surface area contributed by atoms with Crippen molar-refractivity contribution in [3.05, 3.63) is 54.2 Å². The SMILES string of the molecule is O=C(c1cc(-c2ccc3ccccc3c2)n[nH]1)N1CC(O)C2(CC2)C1. The first-order chi connectivity index (χ1) is 12.1. The Morgan fingerprint density at radius 1 is 1.16 bits per heavy atom. The molecule has 2 heterocycles. The summed E-state index contributed by atoms with van der Waals surface area (Å²) in [4.78, 5) is 14.5. The second kappa shape index (κ2) is 5.17. The molecule has 5 rings (SSSR count). The van der Waals surface area contributed by atoms with Crippen LogP contribution in [0.2, 0.25) is 0 Å². The summed E-state index contributed by atoms with van der Waals surface area (Å²) >= 11 is 0. The van der Waals surface area contributed by atoms with Crippen molar-refractivity contribution in [2.75, 3.05) is 13.1 Å². The van der Waals surface area contributed by atoms with E-state index in [4.69, 9.17) is 0 Å². The molecule has 1 aromatic heterocycles. The lowest BCUT2D eigenvalue weighted by molar-refractivity contribution is 0.0758. The maximum atomic E-state index is 12.7. The summed E-state index contributed by atoms with van der Waals surface area (Å²) in [6, 6.07) is 16.1. The molecule has 5 nitrogen and oxygen atoms in total. The average molecular weight is 333 g/mol. The number of carbonyl (C=O) groups is 1. The quantitative estimate of drug-likeness (QED) is 0.758. The number of H-pyrrole nitrogens is 1. The van der Waals surface area contributed by atoms with Crippen LogP contribution in [0.4, 0.5) is 0 Å². The topological polar surface area (TPSA) is 69.2 Å². The molecule has 126 valence electrons. The van der Waals surface area contributed by atoms with Crippen molar-refractivity contribution in [3.63, 3.8) is 0 Å². The van der Waals surface area contributed by atoms with Crippen LogP contribution in [0.3, 0.4) is 0 Å². The fourth-order valence-electron chi connectivity index (χ4n) is 3.86. The van der Waals surface area contributed by atoms with E-state index in [0.717, 1.165) is 29.5 Å². The largest absolute Gasteiger partial charge is 0.391 e. The smallest absolute Gasteiger partial charge is 0.271 e. The second-order valence-electron chi connectivity index (χ2n) is 7.29. The predicted molar refractivity (Wildman–Crippen MR) is 95.1 cm³/mol. The van der Waals surface area contributed by atoms with E-state index in [1.54, 1.807) is 11.0 Å². The van der Waals surface area contributed by atoms with E-state index in [-0.39, 0.29) is 17.4 Å². The van der Waals surface area contributed by atoms with E-state index in [9.17, 15) is 9.90 Å². The fourth-order valence-corrected chi connectivity index (χ4v) is 3.86. The Bertz CT molecular complexity index is 974. The van der Waals surface area contributed by atoms with Crippen LogP contribution >= 0.6 is 0 Å². The van der Waals surface area contributed by atoms with Gasteiger partial charge in [0.2, 0.25) is 0 Å². The van der Waals surface area contributed by atoms with Gasteiger partial charge in [0.1, 0.15) is 5.69 Å². The van der Waals surface area contributed by atoms with Gasteiger partial charge in [0, 0.05) is 24.1 Å². The summed E-state index contributed by atoms with van der Waals surface area (Å²) in [5.74, 6) is -0.0811. The van der Waals surface area contributed by atoms with Crippen LogP contribution in [0.25, 0.3) is 22.0 Å². The lowest BCUT2D eigenvalue weighted by atomic mass is 10.0. The lowest BCUT2D eigenvalue weighted by Crippen LogP contribution is -2.29. The zero-order valence-corrected chi connectivity index (χ0v) is 13.8. The highest BCUT2D eigenvalue weighted by Crippen LogP contribution is 2.52. The van der Waals surface area contributed by atoms with Gasteiger partial charge in [-0.2, -0.15) is 5.10 Å². The average Bonchev–Trinajstić information content (AvgIpc) is 3.12. The van der Waals surface area contributed by atoms with Gasteiger partial charge in [-0.15, -0.1) is 0 Å². The minimum Gasteiger partial charge on any atom is -0.391 e. The molecule has 1 saturated carbocycles. The molecule has 1 aliphatic heterocycles.